The number of Topliss-reactive ketones (excluding diaryl/α,β-unsaturated/α-hetero) is 1. The summed E-state index contributed by atoms with van der Waals surface area (Å²) in [6.45, 7) is 10.8. The molecule has 1 aliphatic carbocycles. The minimum absolute atomic E-state index is 0.168. The monoisotopic (exact) mass is 419 g/mol. The molecule has 30 heavy (non-hydrogen) atoms. The molecule has 4 nitrogen and oxygen atoms in total. The Labute approximate surface area is 182 Å². The molecule has 0 bridgehead atoms. The molecule has 2 atom stereocenters. The van der Waals surface area contributed by atoms with E-state index in [1.807, 2.05) is 0 Å². The highest BCUT2D eigenvalue weighted by atomic mass is 19.1. The number of likely N-dealkylation sites (tertiary alicyclic amines) is 1. The van der Waals surface area contributed by atoms with Crippen molar-refractivity contribution in [1.29, 1.82) is 0 Å². The summed E-state index contributed by atoms with van der Waals surface area (Å²) in [5, 5.41) is 0. The van der Waals surface area contributed by atoms with Crippen LogP contribution in [0.3, 0.4) is 0 Å². The van der Waals surface area contributed by atoms with Crippen LogP contribution in [0.4, 0.5) is 4.39 Å². The van der Waals surface area contributed by atoms with Crippen molar-refractivity contribution in [1.82, 2.24) is 4.90 Å². The van der Waals surface area contributed by atoms with Crippen molar-refractivity contribution < 1.29 is 9.18 Å². The third kappa shape index (κ3) is 7.88. The van der Waals surface area contributed by atoms with Gasteiger partial charge in [-0.1, -0.05) is 46.1 Å². The average Bonchev–Trinajstić information content (AvgIpc) is 2.77. The Bertz CT molecular complexity index is 634. The van der Waals surface area contributed by atoms with Gasteiger partial charge in [0.2, 0.25) is 0 Å². The van der Waals surface area contributed by atoms with Crippen LogP contribution in [0.5, 0.6) is 0 Å². The smallest absolute Gasteiger partial charge is 0.154 e. The number of allylic oxidation sites excluding steroid dienone is 1. The highest BCUT2D eigenvalue weighted by molar-refractivity contribution is 6.03. The van der Waals surface area contributed by atoms with Gasteiger partial charge in [0.05, 0.1) is 17.9 Å². The number of carbonyl (C=O) groups is 1. The number of nitrogens with two attached hydrogens (primary N) is 1. The summed E-state index contributed by atoms with van der Waals surface area (Å²) in [7, 11) is 0. The lowest BCUT2D eigenvalue weighted by Crippen LogP contribution is -2.33. The highest BCUT2D eigenvalue weighted by Gasteiger charge is 2.26. The van der Waals surface area contributed by atoms with Crippen molar-refractivity contribution >= 4 is 11.5 Å². The van der Waals surface area contributed by atoms with Gasteiger partial charge in [-0.2, -0.15) is 0 Å². The van der Waals surface area contributed by atoms with Crippen LogP contribution in [0.15, 0.2) is 28.5 Å². The van der Waals surface area contributed by atoms with Crippen LogP contribution in [-0.4, -0.2) is 42.2 Å². The number of carbonyl (C=O) groups excluding carboxylic acids is 1. The molecule has 0 radical (unpaired) electrons. The molecule has 1 saturated heterocycles. The number of hydrogen-bond acceptors (Lipinski definition) is 4. The number of unbranched alkanes of at least 4 members (excludes halogenated alkanes) is 2. The van der Waals surface area contributed by atoms with Crippen LogP contribution in [-0.2, 0) is 4.79 Å². The van der Waals surface area contributed by atoms with E-state index in [9.17, 15) is 9.18 Å². The van der Waals surface area contributed by atoms with E-state index in [-0.39, 0.29) is 18.7 Å². The summed E-state index contributed by atoms with van der Waals surface area (Å²) in [6.07, 6.45) is 10.2. The van der Waals surface area contributed by atoms with Gasteiger partial charge in [0.1, 0.15) is 6.17 Å². The average molecular weight is 420 g/mol. The van der Waals surface area contributed by atoms with E-state index in [1.54, 1.807) is 0 Å². The van der Waals surface area contributed by atoms with Gasteiger partial charge in [0.15, 0.2) is 5.78 Å². The van der Waals surface area contributed by atoms with Crippen LogP contribution in [0, 0.1) is 5.92 Å². The topological polar surface area (TPSA) is 58.7 Å². The quantitative estimate of drug-likeness (QED) is 0.435. The van der Waals surface area contributed by atoms with Crippen molar-refractivity contribution in [3.63, 3.8) is 0 Å². The van der Waals surface area contributed by atoms with E-state index >= 15 is 0 Å². The Hall–Kier alpha value is -1.65. The fourth-order valence-corrected chi connectivity index (χ4v) is 4.29. The zero-order valence-corrected chi connectivity index (χ0v) is 19.2. The predicted molar refractivity (Wildman–Crippen MR) is 124 cm³/mol. The highest BCUT2D eigenvalue weighted by Crippen LogP contribution is 2.29. The second-order valence-electron chi connectivity index (χ2n) is 9.14. The maximum Gasteiger partial charge on any atom is 0.154 e. The molecule has 0 aromatic heterocycles. The third-order valence-electron chi connectivity index (χ3n) is 6.64. The molecule has 2 rings (SSSR count). The molecule has 0 aromatic rings. The number of aliphatic imine (C=N–C) groups is 1. The molecule has 170 valence electrons. The molecular weight excluding hydrogens is 377 g/mol. The van der Waals surface area contributed by atoms with Crippen LogP contribution < -0.4 is 5.73 Å². The molecule has 0 spiro atoms. The van der Waals surface area contributed by atoms with E-state index in [0.29, 0.717) is 25.0 Å². The van der Waals surface area contributed by atoms with Gasteiger partial charge >= 0.3 is 0 Å². The minimum atomic E-state index is -0.895. The molecule has 1 heterocycles. The molecule has 5 heteroatoms. The second-order valence-corrected chi connectivity index (χ2v) is 9.14. The van der Waals surface area contributed by atoms with Gasteiger partial charge in [0, 0.05) is 37.2 Å². The summed E-state index contributed by atoms with van der Waals surface area (Å²) < 4.78 is 14.1. The Morgan fingerprint density at radius 1 is 1.27 bits per heavy atom. The molecule has 0 amide bonds. The third-order valence-corrected chi connectivity index (χ3v) is 6.64. The molecule has 2 N–H and O–H groups in total. The van der Waals surface area contributed by atoms with Crippen molar-refractivity contribution in [2.24, 2.45) is 16.6 Å². The van der Waals surface area contributed by atoms with E-state index in [0.717, 1.165) is 61.7 Å². The van der Waals surface area contributed by atoms with Crippen molar-refractivity contribution in [3.8, 4) is 0 Å². The van der Waals surface area contributed by atoms with Crippen molar-refractivity contribution in [2.75, 3.05) is 19.6 Å². The number of hydrogen-bond donors (Lipinski definition) is 1. The first kappa shape index (κ1) is 24.6. The normalized spacial score (nSPS) is 24.0. The lowest BCUT2D eigenvalue weighted by molar-refractivity contribution is -0.117. The largest absolute Gasteiger partial charge is 0.397 e. The zero-order valence-electron chi connectivity index (χ0n) is 19.2. The van der Waals surface area contributed by atoms with E-state index in [2.05, 4.69) is 30.3 Å². The van der Waals surface area contributed by atoms with Gasteiger partial charge in [0.25, 0.3) is 0 Å². The number of ketones is 1. The molecule has 0 aromatic carbocycles. The number of halogens is 1. The lowest BCUT2D eigenvalue weighted by atomic mass is 9.89. The van der Waals surface area contributed by atoms with Crippen LogP contribution in [0.2, 0.25) is 0 Å². The standard InChI is InChI=1S/C25H42FN3O/c1-4-19(2)11-7-5-8-12-22(30)18-28-24-14-13-21(26)17-23(24)25(27)20(3)29-15-9-6-10-16-29/h19,21H,3-18,27H2,1-2H3/b25-23-,28-24?. The SMILES string of the molecule is C=C(/C(N)=C1\CC(F)CCC1=NCC(=O)CCCCCC(C)CC)N1CCCCC1. The first-order valence-electron chi connectivity index (χ1n) is 12.0. The van der Waals surface area contributed by atoms with Crippen LogP contribution in [0.25, 0.3) is 0 Å². The van der Waals surface area contributed by atoms with Crippen LogP contribution >= 0.6 is 0 Å². The van der Waals surface area contributed by atoms with Gasteiger partial charge in [-0.15, -0.1) is 0 Å². The number of alkyl halides is 1. The second kappa shape index (κ2) is 12.9. The molecule has 2 fully saturated rings. The van der Waals surface area contributed by atoms with Gasteiger partial charge in [-0.05, 0) is 44.4 Å². The summed E-state index contributed by atoms with van der Waals surface area (Å²) in [6, 6.07) is 0. The van der Waals surface area contributed by atoms with Crippen molar-refractivity contribution in [3.05, 3.63) is 23.5 Å². The van der Waals surface area contributed by atoms with Gasteiger partial charge in [-0.3, -0.25) is 9.79 Å². The molecule has 2 aliphatic rings. The molecular formula is C25H42FN3O. The Morgan fingerprint density at radius 3 is 2.70 bits per heavy atom. The lowest BCUT2D eigenvalue weighted by Gasteiger charge is -2.32. The zero-order chi connectivity index (χ0) is 21.9. The molecule has 1 saturated carbocycles. The van der Waals surface area contributed by atoms with Crippen molar-refractivity contribution in [2.45, 2.75) is 97.1 Å². The number of nitrogens with zero attached hydrogens (tertiary/aromatic N) is 2. The summed E-state index contributed by atoms with van der Waals surface area (Å²) in [5.41, 5.74) is 9.37. The minimum Gasteiger partial charge on any atom is -0.397 e. The fraction of sp³-hybridized carbons (Fsp3) is 0.760. The first-order chi connectivity index (χ1) is 14.4. The maximum atomic E-state index is 14.1. The molecule has 2 unspecified atom stereocenters. The Kier molecular flexibility index (Phi) is 10.6. The van der Waals surface area contributed by atoms with Gasteiger partial charge < -0.3 is 10.6 Å². The van der Waals surface area contributed by atoms with Gasteiger partial charge in [-0.25, -0.2) is 4.39 Å². The van der Waals surface area contributed by atoms with Crippen LogP contribution in [0.1, 0.15) is 90.9 Å². The van der Waals surface area contributed by atoms with E-state index in [1.165, 1.54) is 25.7 Å². The van der Waals surface area contributed by atoms with E-state index in [4.69, 9.17) is 5.73 Å². The summed E-state index contributed by atoms with van der Waals surface area (Å²) in [5.74, 6) is 0.939. The molecule has 1 aliphatic heterocycles. The van der Waals surface area contributed by atoms with E-state index < -0.39 is 6.17 Å². The Balaban J connectivity index is 1.91. The summed E-state index contributed by atoms with van der Waals surface area (Å²) in [4.78, 5) is 19.1. The number of piperidine rings is 1. The first-order valence-corrected chi connectivity index (χ1v) is 12.0. The Morgan fingerprint density at radius 2 is 2.00 bits per heavy atom. The fourth-order valence-electron chi connectivity index (χ4n) is 4.29. The maximum absolute atomic E-state index is 14.1. The predicted octanol–water partition coefficient (Wildman–Crippen LogP) is 5.73. The summed E-state index contributed by atoms with van der Waals surface area (Å²) >= 11 is 0. The number of rotatable bonds is 11.